The number of aliphatic hydroxyl groups excluding tert-OH is 1. The SMILES string of the molecule is Cc1nc(-c2c(N)nsc2N2C3CCC2CC(O)C3)cs1. The van der Waals surface area contributed by atoms with Crippen molar-refractivity contribution in [1.29, 1.82) is 0 Å². The summed E-state index contributed by atoms with van der Waals surface area (Å²) in [5.74, 6) is 0.575. The molecule has 2 fully saturated rings. The van der Waals surface area contributed by atoms with Crippen molar-refractivity contribution in [3.8, 4) is 11.3 Å². The van der Waals surface area contributed by atoms with Crippen LogP contribution in [0, 0.1) is 6.92 Å². The van der Waals surface area contributed by atoms with E-state index in [1.807, 2.05) is 6.92 Å². The van der Waals surface area contributed by atoms with Gasteiger partial charge in [0.05, 0.1) is 22.4 Å². The summed E-state index contributed by atoms with van der Waals surface area (Å²) in [5, 5.41) is 14.2. The molecule has 2 bridgehead atoms. The van der Waals surface area contributed by atoms with Crippen molar-refractivity contribution < 1.29 is 5.11 Å². The van der Waals surface area contributed by atoms with Crippen LogP contribution < -0.4 is 10.6 Å². The molecule has 4 rings (SSSR count). The number of nitrogens with two attached hydrogens (primary N) is 1. The predicted molar refractivity (Wildman–Crippen MR) is 86.9 cm³/mol. The number of hydrogen-bond acceptors (Lipinski definition) is 7. The molecule has 0 spiro atoms. The second-order valence-electron chi connectivity index (χ2n) is 5.92. The van der Waals surface area contributed by atoms with Crippen LogP contribution in [-0.2, 0) is 0 Å². The largest absolute Gasteiger partial charge is 0.393 e. The summed E-state index contributed by atoms with van der Waals surface area (Å²) in [7, 11) is 0. The van der Waals surface area contributed by atoms with E-state index >= 15 is 0 Å². The van der Waals surface area contributed by atoms with Gasteiger partial charge in [-0.25, -0.2) is 4.98 Å². The molecule has 21 heavy (non-hydrogen) atoms. The molecule has 3 N–H and O–H groups in total. The Morgan fingerprint density at radius 2 is 2.05 bits per heavy atom. The maximum Gasteiger partial charge on any atom is 0.148 e. The number of nitrogen functional groups attached to an aromatic ring is 1. The lowest BCUT2D eigenvalue weighted by Crippen LogP contribution is -2.44. The number of nitrogens with zero attached hydrogens (tertiary/aromatic N) is 3. The third-order valence-electron chi connectivity index (χ3n) is 4.52. The molecular formula is C14H18N4OS2. The quantitative estimate of drug-likeness (QED) is 0.889. The minimum Gasteiger partial charge on any atom is -0.393 e. The normalized spacial score (nSPS) is 28.3. The fourth-order valence-corrected chi connectivity index (χ4v) is 5.24. The standard InChI is InChI=1S/C14H18N4OS2/c1-7-16-11(6-20-7)12-13(15)17-21-14(12)18-8-2-3-9(18)5-10(19)4-8/h6,8-10,19H,2-5H2,1H3,(H2,15,17). The summed E-state index contributed by atoms with van der Waals surface area (Å²) < 4.78 is 4.37. The maximum atomic E-state index is 9.98. The molecule has 2 unspecified atom stereocenters. The Kier molecular flexibility index (Phi) is 3.16. The number of piperidine rings is 1. The van der Waals surface area contributed by atoms with E-state index < -0.39 is 0 Å². The highest BCUT2D eigenvalue weighted by molar-refractivity contribution is 7.11. The maximum absolute atomic E-state index is 9.98. The lowest BCUT2D eigenvalue weighted by Gasteiger charge is -2.38. The van der Waals surface area contributed by atoms with Crippen LogP contribution in [0.2, 0.25) is 0 Å². The highest BCUT2D eigenvalue weighted by Crippen LogP contribution is 2.47. The Balaban J connectivity index is 1.77. The molecule has 0 aromatic carbocycles. The van der Waals surface area contributed by atoms with Gasteiger partial charge in [-0.1, -0.05) is 0 Å². The van der Waals surface area contributed by atoms with E-state index in [9.17, 15) is 5.11 Å². The zero-order chi connectivity index (χ0) is 14.6. The molecule has 2 aromatic rings. The van der Waals surface area contributed by atoms with Crippen LogP contribution >= 0.6 is 22.9 Å². The molecule has 2 aliphatic heterocycles. The summed E-state index contributed by atoms with van der Waals surface area (Å²) in [6, 6.07) is 0.828. The van der Waals surface area contributed by atoms with E-state index in [2.05, 4.69) is 19.6 Å². The molecule has 0 amide bonds. The highest BCUT2D eigenvalue weighted by Gasteiger charge is 2.42. The Morgan fingerprint density at radius 1 is 1.33 bits per heavy atom. The van der Waals surface area contributed by atoms with Crippen LogP contribution in [0.15, 0.2) is 5.38 Å². The number of fused-ring (bicyclic) bond motifs is 2. The smallest absolute Gasteiger partial charge is 0.148 e. The minimum atomic E-state index is -0.158. The Labute approximate surface area is 131 Å². The topological polar surface area (TPSA) is 75.3 Å². The van der Waals surface area contributed by atoms with Crippen molar-refractivity contribution in [3.63, 3.8) is 0 Å². The van der Waals surface area contributed by atoms with Crippen LogP contribution in [0.1, 0.15) is 30.7 Å². The highest BCUT2D eigenvalue weighted by atomic mass is 32.1. The summed E-state index contributed by atoms with van der Waals surface area (Å²) in [6.07, 6.45) is 3.84. The van der Waals surface area contributed by atoms with Crippen molar-refractivity contribution in [2.75, 3.05) is 10.6 Å². The first kappa shape index (κ1) is 13.5. The van der Waals surface area contributed by atoms with Gasteiger partial charge in [0, 0.05) is 17.5 Å². The summed E-state index contributed by atoms with van der Waals surface area (Å²) in [5.41, 5.74) is 8.03. The van der Waals surface area contributed by atoms with Gasteiger partial charge in [0.15, 0.2) is 0 Å². The zero-order valence-corrected chi connectivity index (χ0v) is 13.5. The van der Waals surface area contributed by atoms with Crippen LogP contribution in [0.4, 0.5) is 10.8 Å². The van der Waals surface area contributed by atoms with Crippen molar-refractivity contribution in [1.82, 2.24) is 9.36 Å². The van der Waals surface area contributed by atoms with Gasteiger partial charge in [0.25, 0.3) is 0 Å². The van der Waals surface area contributed by atoms with Crippen molar-refractivity contribution in [3.05, 3.63) is 10.4 Å². The lowest BCUT2D eigenvalue weighted by molar-refractivity contribution is 0.126. The van der Waals surface area contributed by atoms with Gasteiger partial charge in [-0.2, -0.15) is 4.37 Å². The third kappa shape index (κ3) is 2.15. The molecule has 112 valence electrons. The lowest BCUT2D eigenvalue weighted by atomic mass is 9.99. The number of hydrogen-bond donors (Lipinski definition) is 2. The van der Waals surface area contributed by atoms with E-state index in [0.717, 1.165) is 46.9 Å². The number of aliphatic hydroxyl groups is 1. The summed E-state index contributed by atoms with van der Waals surface area (Å²) in [6.45, 7) is 2.00. The first-order valence-electron chi connectivity index (χ1n) is 7.27. The minimum absolute atomic E-state index is 0.158. The molecule has 0 saturated carbocycles. The zero-order valence-electron chi connectivity index (χ0n) is 11.8. The Morgan fingerprint density at radius 3 is 2.67 bits per heavy atom. The van der Waals surface area contributed by atoms with E-state index in [1.54, 1.807) is 11.3 Å². The van der Waals surface area contributed by atoms with E-state index in [1.165, 1.54) is 11.5 Å². The molecule has 7 heteroatoms. The van der Waals surface area contributed by atoms with Gasteiger partial charge in [0.1, 0.15) is 10.8 Å². The number of anilines is 2. The summed E-state index contributed by atoms with van der Waals surface area (Å²) >= 11 is 3.11. The van der Waals surface area contributed by atoms with Gasteiger partial charge in [-0.3, -0.25) is 0 Å². The molecular weight excluding hydrogens is 304 g/mol. The average molecular weight is 322 g/mol. The molecule has 2 saturated heterocycles. The van der Waals surface area contributed by atoms with Crippen LogP contribution in [0.3, 0.4) is 0 Å². The second kappa shape index (κ2) is 4.93. The molecule has 2 atom stereocenters. The van der Waals surface area contributed by atoms with Gasteiger partial charge < -0.3 is 15.7 Å². The van der Waals surface area contributed by atoms with Crippen LogP contribution in [0.5, 0.6) is 0 Å². The monoisotopic (exact) mass is 322 g/mol. The molecule has 0 radical (unpaired) electrons. The Hall–Kier alpha value is -1.18. The number of aryl methyl sites for hydroxylation is 1. The first-order valence-corrected chi connectivity index (χ1v) is 8.93. The molecule has 2 aromatic heterocycles. The Bertz CT molecular complexity index is 654. The number of aromatic nitrogens is 2. The van der Waals surface area contributed by atoms with Crippen molar-refractivity contribution in [2.24, 2.45) is 0 Å². The predicted octanol–water partition coefficient (Wildman–Crippen LogP) is 2.65. The van der Waals surface area contributed by atoms with Crippen molar-refractivity contribution >= 4 is 33.7 Å². The van der Waals surface area contributed by atoms with Gasteiger partial charge in [-0.05, 0) is 44.1 Å². The van der Waals surface area contributed by atoms with Gasteiger partial charge in [0.2, 0.25) is 0 Å². The summed E-state index contributed by atoms with van der Waals surface area (Å²) in [4.78, 5) is 7.03. The van der Waals surface area contributed by atoms with Crippen LogP contribution in [0.25, 0.3) is 11.3 Å². The van der Waals surface area contributed by atoms with Crippen LogP contribution in [-0.4, -0.2) is 32.7 Å². The van der Waals surface area contributed by atoms with Gasteiger partial charge in [-0.15, -0.1) is 11.3 Å². The molecule has 0 aliphatic carbocycles. The third-order valence-corrected chi connectivity index (χ3v) is 6.17. The van der Waals surface area contributed by atoms with E-state index in [-0.39, 0.29) is 6.10 Å². The fraction of sp³-hybridized carbons (Fsp3) is 0.571. The van der Waals surface area contributed by atoms with E-state index in [4.69, 9.17) is 5.73 Å². The molecule has 2 aliphatic rings. The van der Waals surface area contributed by atoms with Gasteiger partial charge >= 0.3 is 0 Å². The van der Waals surface area contributed by atoms with E-state index in [0.29, 0.717) is 17.9 Å². The molecule has 5 nitrogen and oxygen atoms in total. The molecule has 4 heterocycles. The average Bonchev–Trinajstić information content (AvgIpc) is 3.07. The first-order chi connectivity index (χ1) is 10.1. The number of thiazole rings is 1. The second-order valence-corrected chi connectivity index (χ2v) is 7.73. The number of rotatable bonds is 2. The van der Waals surface area contributed by atoms with Crippen molar-refractivity contribution in [2.45, 2.75) is 50.8 Å². The fourth-order valence-electron chi connectivity index (χ4n) is 3.67.